The van der Waals surface area contributed by atoms with Gasteiger partial charge in [0.2, 0.25) is 0 Å². The van der Waals surface area contributed by atoms with E-state index in [1.165, 1.54) is 0 Å². The SMILES string of the molecule is CC1(CNC(=O)OC(C)(C)C)CCC(O)CC1. The second kappa shape index (κ2) is 5.25. The normalized spacial score (nSPS) is 29.8. The summed E-state index contributed by atoms with van der Waals surface area (Å²) in [7, 11) is 0. The van der Waals surface area contributed by atoms with Crippen LogP contribution in [0.5, 0.6) is 0 Å². The summed E-state index contributed by atoms with van der Waals surface area (Å²) in [5.41, 5.74) is -0.357. The van der Waals surface area contributed by atoms with E-state index in [-0.39, 0.29) is 17.6 Å². The molecule has 4 heteroatoms. The van der Waals surface area contributed by atoms with Crippen LogP contribution in [0, 0.1) is 5.41 Å². The molecule has 0 radical (unpaired) electrons. The second-order valence-electron chi connectivity index (χ2n) is 6.40. The predicted octanol–water partition coefficient (Wildman–Crippen LogP) is 2.45. The van der Waals surface area contributed by atoms with Crippen LogP contribution in [0.1, 0.15) is 53.4 Å². The molecule has 1 amide bonds. The fourth-order valence-electron chi connectivity index (χ4n) is 2.08. The highest BCUT2D eigenvalue weighted by Crippen LogP contribution is 2.35. The standard InChI is InChI=1S/C13H25NO3/c1-12(2,3)17-11(16)14-9-13(4)7-5-10(15)6-8-13/h10,15H,5-9H2,1-4H3,(H,14,16). The van der Waals surface area contributed by atoms with Gasteiger partial charge in [-0.1, -0.05) is 6.92 Å². The first-order valence-corrected chi connectivity index (χ1v) is 6.35. The van der Waals surface area contributed by atoms with E-state index < -0.39 is 5.60 Å². The quantitative estimate of drug-likeness (QED) is 0.783. The number of carbonyl (C=O) groups is 1. The van der Waals surface area contributed by atoms with Gasteiger partial charge in [0.25, 0.3) is 0 Å². The predicted molar refractivity (Wildman–Crippen MR) is 66.8 cm³/mol. The van der Waals surface area contributed by atoms with Crippen LogP contribution >= 0.6 is 0 Å². The third-order valence-corrected chi connectivity index (χ3v) is 3.22. The lowest BCUT2D eigenvalue weighted by Crippen LogP contribution is -2.41. The highest BCUT2D eigenvalue weighted by atomic mass is 16.6. The van der Waals surface area contributed by atoms with Crippen LogP contribution in [0.25, 0.3) is 0 Å². The van der Waals surface area contributed by atoms with Crippen molar-refractivity contribution in [1.29, 1.82) is 0 Å². The minimum atomic E-state index is -0.451. The van der Waals surface area contributed by atoms with Crippen LogP contribution in [0.3, 0.4) is 0 Å². The van der Waals surface area contributed by atoms with E-state index in [1.54, 1.807) is 0 Å². The lowest BCUT2D eigenvalue weighted by Gasteiger charge is -2.35. The van der Waals surface area contributed by atoms with Gasteiger partial charge >= 0.3 is 6.09 Å². The van der Waals surface area contributed by atoms with Gasteiger partial charge in [0.15, 0.2) is 0 Å². The third-order valence-electron chi connectivity index (χ3n) is 3.22. The summed E-state index contributed by atoms with van der Waals surface area (Å²) in [6.07, 6.45) is 3.03. The van der Waals surface area contributed by atoms with Gasteiger partial charge in [-0.15, -0.1) is 0 Å². The van der Waals surface area contributed by atoms with Gasteiger partial charge in [-0.3, -0.25) is 0 Å². The number of hydrogen-bond acceptors (Lipinski definition) is 3. The maximum Gasteiger partial charge on any atom is 0.407 e. The van der Waals surface area contributed by atoms with Crippen LogP contribution < -0.4 is 5.32 Å². The van der Waals surface area contributed by atoms with Crippen LogP contribution in [-0.2, 0) is 4.74 Å². The zero-order valence-electron chi connectivity index (χ0n) is 11.4. The molecule has 1 aliphatic carbocycles. The average molecular weight is 243 g/mol. The molecule has 0 aromatic heterocycles. The summed E-state index contributed by atoms with van der Waals surface area (Å²) >= 11 is 0. The van der Waals surface area contributed by atoms with E-state index in [9.17, 15) is 9.90 Å². The molecular weight excluding hydrogens is 218 g/mol. The Kier molecular flexibility index (Phi) is 4.42. The number of amides is 1. The van der Waals surface area contributed by atoms with Crippen molar-refractivity contribution < 1.29 is 14.6 Å². The second-order valence-corrected chi connectivity index (χ2v) is 6.40. The van der Waals surface area contributed by atoms with Crippen molar-refractivity contribution >= 4 is 6.09 Å². The molecule has 0 heterocycles. The monoisotopic (exact) mass is 243 g/mol. The molecule has 0 bridgehead atoms. The Balaban J connectivity index is 2.32. The molecule has 4 nitrogen and oxygen atoms in total. The third kappa shape index (κ3) is 5.39. The molecule has 0 aromatic carbocycles. The average Bonchev–Trinajstić information content (AvgIpc) is 2.18. The molecule has 0 unspecified atom stereocenters. The van der Waals surface area contributed by atoms with E-state index in [0.29, 0.717) is 6.54 Å². The van der Waals surface area contributed by atoms with Gasteiger partial charge in [0, 0.05) is 6.54 Å². The van der Waals surface area contributed by atoms with Crippen molar-refractivity contribution in [2.75, 3.05) is 6.54 Å². The Morgan fingerprint density at radius 1 is 1.41 bits per heavy atom. The molecular formula is C13H25NO3. The number of aliphatic hydroxyl groups is 1. The summed E-state index contributed by atoms with van der Waals surface area (Å²) < 4.78 is 5.20. The molecule has 0 aromatic rings. The number of ether oxygens (including phenoxy) is 1. The topological polar surface area (TPSA) is 58.6 Å². The minimum absolute atomic E-state index is 0.0934. The van der Waals surface area contributed by atoms with Crippen LogP contribution in [0.15, 0.2) is 0 Å². The van der Waals surface area contributed by atoms with E-state index in [1.807, 2.05) is 20.8 Å². The summed E-state index contributed by atoms with van der Waals surface area (Å²) in [6.45, 7) is 8.33. The Morgan fingerprint density at radius 3 is 2.41 bits per heavy atom. The maximum absolute atomic E-state index is 11.5. The zero-order valence-corrected chi connectivity index (χ0v) is 11.4. The summed E-state index contributed by atoms with van der Waals surface area (Å²) in [4.78, 5) is 11.5. The van der Waals surface area contributed by atoms with Gasteiger partial charge in [-0.05, 0) is 51.9 Å². The lowest BCUT2D eigenvalue weighted by molar-refractivity contribution is 0.0433. The molecule has 0 saturated heterocycles. The minimum Gasteiger partial charge on any atom is -0.444 e. The Labute approximate surface area is 104 Å². The van der Waals surface area contributed by atoms with Crippen LogP contribution in [0.2, 0.25) is 0 Å². The molecule has 17 heavy (non-hydrogen) atoms. The van der Waals surface area contributed by atoms with E-state index in [2.05, 4.69) is 12.2 Å². The van der Waals surface area contributed by atoms with Gasteiger partial charge in [-0.2, -0.15) is 0 Å². The number of carbonyl (C=O) groups excluding carboxylic acids is 1. The molecule has 1 rings (SSSR count). The molecule has 2 N–H and O–H groups in total. The molecule has 1 fully saturated rings. The van der Waals surface area contributed by atoms with Gasteiger partial charge in [0.1, 0.15) is 5.60 Å². The summed E-state index contributed by atoms with van der Waals surface area (Å²) in [6, 6.07) is 0. The van der Waals surface area contributed by atoms with Crippen molar-refractivity contribution in [3.63, 3.8) is 0 Å². The van der Waals surface area contributed by atoms with Gasteiger partial charge in [-0.25, -0.2) is 4.79 Å². The number of alkyl carbamates (subject to hydrolysis) is 1. The Morgan fingerprint density at radius 2 is 1.94 bits per heavy atom. The lowest BCUT2D eigenvalue weighted by atomic mass is 9.75. The smallest absolute Gasteiger partial charge is 0.407 e. The van der Waals surface area contributed by atoms with Crippen molar-refractivity contribution in [3.05, 3.63) is 0 Å². The largest absolute Gasteiger partial charge is 0.444 e. The first-order valence-electron chi connectivity index (χ1n) is 6.35. The molecule has 100 valence electrons. The fraction of sp³-hybridized carbons (Fsp3) is 0.923. The van der Waals surface area contributed by atoms with Crippen molar-refractivity contribution in [2.24, 2.45) is 5.41 Å². The van der Waals surface area contributed by atoms with E-state index >= 15 is 0 Å². The maximum atomic E-state index is 11.5. The highest BCUT2D eigenvalue weighted by Gasteiger charge is 2.31. The number of rotatable bonds is 2. The summed E-state index contributed by atoms with van der Waals surface area (Å²) in [5, 5.41) is 12.3. The molecule has 1 saturated carbocycles. The Hall–Kier alpha value is -0.770. The zero-order chi connectivity index (χ0) is 13.1. The van der Waals surface area contributed by atoms with Gasteiger partial charge in [0.05, 0.1) is 6.10 Å². The van der Waals surface area contributed by atoms with Crippen molar-refractivity contribution in [1.82, 2.24) is 5.32 Å². The fourth-order valence-corrected chi connectivity index (χ4v) is 2.08. The van der Waals surface area contributed by atoms with Crippen LogP contribution in [0.4, 0.5) is 4.79 Å². The molecule has 0 atom stereocenters. The van der Waals surface area contributed by atoms with Crippen molar-refractivity contribution in [3.8, 4) is 0 Å². The number of nitrogens with one attached hydrogen (secondary N) is 1. The summed E-state index contributed by atoms with van der Waals surface area (Å²) in [5.74, 6) is 0. The Bertz CT molecular complexity index is 262. The van der Waals surface area contributed by atoms with E-state index in [0.717, 1.165) is 25.7 Å². The van der Waals surface area contributed by atoms with Gasteiger partial charge < -0.3 is 15.2 Å². The van der Waals surface area contributed by atoms with Crippen LogP contribution in [-0.4, -0.2) is 29.4 Å². The molecule has 0 spiro atoms. The molecule has 1 aliphatic rings. The van der Waals surface area contributed by atoms with Crippen molar-refractivity contribution in [2.45, 2.75) is 65.1 Å². The number of aliphatic hydroxyl groups excluding tert-OH is 1. The highest BCUT2D eigenvalue weighted by molar-refractivity contribution is 5.67. The first kappa shape index (κ1) is 14.3. The number of hydrogen-bond donors (Lipinski definition) is 2. The molecule has 0 aliphatic heterocycles. The first-order chi connectivity index (χ1) is 7.70. The van der Waals surface area contributed by atoms with E-state index in [4.69, 9.17) is 4.74 Å².